The van der Waals surface area contributed by atoms with E-state index in [-0.39, 0.29) is 24.2 Å². The van der Waals surface area contributed by atoms with Gasteiger partial charge in [0.05, 0.1) is 0 Å². The minimum atomic E-state index is -0.472. The first kappa shape index (κ1) is 9.84. The van der Waals surface area contributed by atoms with E-state index in [1.165, 1.54) is 6.92 Å². The predicted octanol–water partition coefficient (Wildman–Crippen LogP) is 2.49. The molecular formula is C10H10F2O. The third-order valence-corrected chi connectivity index (χ3v) is 1.75. The zero-order valence-corrected chi connectivity index (χ0v) is 7.31. The Morgan fingerprint density at radius 1 is 1.38 bits per heavy atom. The van der Waals surface area contributed by atoms with Crippen molar-refractivity contribution in [2.75, 3.05) is 0 Å². The molecule has 0 saturated heterocycles. The van der Waals surface area contributed by atoms with Gasteiger partial charge in [0.15, 0.2) is 0 Å². The van der Waals surface area contributed by atoms with Crippen molar-refractivity contribution < 1.29 is 13.6 Å². The van der Waals surface area contributed by atoms with E-state index in [0.717, 1.165) is 18.2 Å². The number of benzene rings is 1. The summed E-state index contributed by atoms with van der Waals surface area (Å²) >= 11 is 0. The Morgan fingerprint density at radius 3 is 2.69 bits per heavy atom. The van der Waals surface area contributed by atoms with Crippen LogP contribution in [0.2, 0.25) is 0 Å². The van der Waals surface area contributed by atoms with Crippen molar-refractivity contribution >= 4 is 5.78 Å². The second-order valence-corrected chi connectivity index (χ2v) is 2.94. The third kappa shape index (κ3) is 2.93. The van der Waals surface area contributed by atoms with E-state index in [0.29, 0.717) is 0 Å². The van der Waals surface area contributed by atoms with Crippen LogP contribution in [0.4, 0.5) is 8.78 Å². The Balaban J connectivity index is 2.75. The van der Waals surface area contributed by atoms with Gasteiger partial charge in [-0.2, -0.15) is 0 Å². The molecule has 0 amide bonds. The van der Waals surface area contributed by atoms with Gasteiger partial charge < -0.3 is 4.79 Å². The summed E-state index contributed by atoms with van der Waals surface area (Å²) in [5.74, 6) is -0.953. The molecule has 13 heavy (non-hydrogen) atoms. The Bertz CT molecular complexity index is 321. The molecule has 0 heterocycles. The Kier molecular flexibility index (Phi) is 3.12. The molecule has 0 bridgehead atoms. The number of halogens is 2. The molecule has 1 rings (SSSR count). The molecule has 1 aromatic carbocycles. The van der Waals surface area contributed by atoms with Crippen LogP contribution >= 0.6 is 0 Å². The first-order valence-electron chi connectivity index (χ1n) is 4.03. The Hall–Kier alpha value is -1.25. The van der Waals surface area contributed by atoms with Crippen molar-refractivity contribution in [3.05, 3.63) is 35.4 Å². The van der Waals surface area contributed by atoms with Crippen molar-refractivity contribution in [1.82, 2.24) is 0 Å². The molecule has 1 nitrogen and oxygen atoms in total. The molecule has 0 aliphatic rings. The highest BCUT2D eigenvalue weighted by atomic mass is 19.1. The van der Waals surface area contributed by atoms with E-state index in [4.69, 9.17) is 0 Å². The van der Waals surface area contributed by atoms with Crippen molar-refractivity contribution in [2.24, 2.45) is 0 Å². The first-order chi connectivity index (χ1) is 6.09. The van der Waals surface area contributed by atoms with E-state index in [1.54, 1.807) is 0 Å². The van der Waals surface area contributed by atoms with Gasteiger partial charge in [0.2, 0.25) is 0 Å². The number of Topliss-reactive ketones (excluding diaryl/α,β-unsaturated/α-hetero) is 1. The second-order valence-electron chi connectivity index (χ2n) is 2.94. The summed E-state index contributed by atoms with van der Waals surface area (Å²) in [6, 6.07) is 3.26. The minimum Gasteiger partial charge on any atom is -0.300 e. The van der Waals surface area contributed by atoms with Gasteiger partial charge in [0.1, 0.15) is 17.4 Å². The molecular weight excluding hydrogens is 174 g/mol. The molecule has 0 radical (unpaired) electrons. The van der Waals surface area contributed by atoms with Crippen LogP contribution in [-0.2, 0) is 11.2 Å². The molecule has 0 saturated carbocycles. The van der Waals surface area contributed by atoms with Gasteiger partial charge in [-0.1, -0.05) is 0 Å². The molecule has 0 N–H and O–H groups in total. The quantitative estimate of drug-likeness (QED) is 0.705. The zero-order valence-electron chi connectivity index (χ0n) is 7.31. The predicted molar refractivity (Wildman–Crippen MR) is 45.4 cm³/mol. The van der Waals surface area contributed by atoms with Crippen LogP contribution in [0.25, 0.3) is 0 Å². The number of ketones is 1. The van der Waals surface area contributed by atoms with Gasteiger partial charge in [-0.15, -0.1) is 0 Å². The standard InChI is InChI=1S/C10H10F2O/c1-7(13)2-3-8-6-9(11)4-5-10(8)12/h4-6H,2-3H2,1H3. The molecule has 70 valence electrons. The van der Waals surface area contributed by atoms with Gasteiger partial charge in [-0.25, -0.2) is 8.78 Å². The van der Waals surface area contributed by atoms with Crippen LogP contribution in [-0.4, -0.2) is 5.78 Å². The third-order valence-electron chi connectivity index (χ3n) is 1.75. The maximum absolute atomic E-state index is 12.9. The zero-order chi connectivity index (χ0) is 9.84. The van der Waals surface area contributed by atoms with Gasteiger partial charge in [0, 0.05) is 6.42 Å². The number of carbonyl (C=O) groups is 1. The SMILES string of the molecule is CC(=O)CCc1cc(F)ccc1F. The molecule has 0 unspecified atom stereocenters. The summed E-state index contributed by atoms with van der Waals surface area (Å²) in [5, 5.41) is 0. The van der Waals surface area contributed by atoms with E-state index in [2.05, 4.69) is 0 Å². The van der Waals surface area contributed by atoms with E-state index >= 15 is 0 Å². The second kappa shape index (κ2) is 4.12. The monoisotopic (exact) mass is 184 g/mol. The van der Waals surface area contributed by atoms with Crippen molar-refractivity contribution in [3.8, 4) is 0 Å². The van der Waals surface area contributed by atoms with Gasteiger partial charge in [-0.3, -0.25) is 0 Å². The maximum atomic E-state index is 12.9. The Morgan fingerprint density at radius 2 is 2.08 bits per heavy atom. The fourth-order valence-corrected chi connectivity index (χ4v) is 1.05. The normalized spacial score (nSPS) is 10.1. The van der Waals surface area contributed by atoms with Crippen LogP contribution in [0, 0.1) is 11.6 Å². The minimum absolute atomic E-state index is 0.0244. The topological polar surface area (TPSA) is 17.1 Å². The van der Waals surface area contributed by atoms with Crippen LogP contribution in [0.3, 0.4) is 0 Å². The molecule has 0 aliphatic carbocycles. The lowest BCUT2D eigenvalue weighted by Gasteiger charge is -2.00. The van der Waals surface area contributed by atoms with Crippen LogP contribution in [0.5, 0.6) is 0 Å². The fourth-order valence-electron chi connectivity index (χ4n) is 1.05. The number of carbonyl (C=O) groups excluding carboxylic acids is 1. The van der Waals surface area contributed by atoms with Crippen LogP contribution < -0.4 is 0 Å². The largest absolute Gasteiger partial charge is 0.300 e. The molecule has 0 aromatic heterocycles. The molecule has 0 atom stereocenters. The number of hydrogen-bond acceptors (Lipinski definition) is 1. The average Bonchev–Trinajstić information content (AvgIpc) is 2.06. The Labute approximate surface area is 75.4 Å². The average molecular weight is 184 g/mol. The number of hydrogen-bond donors (Lipinski definition) is 0. The van der Waals surface area contributed by atoms with Crippen LogP contribution in [0.15, 0.2) is 18.2 Å². The summed E-state index contributed by atoms with van der Waals surface area (Å²) < 4.78 is 25.6. The highest BCUT2D eigenvalue weighted by molar-refractivity contribution is 5.75. The molecule has 0 fully saturated rings. The van der Waals surface area contributed by atoms with Crippen LogP contribution in [0.1, 0.15) is 18.9 Å². The van der Waals surface area contributed by atoms with E-state index < -0.39 is 11.6 Å². The summed E-state index contributed by atoms with van der Waals surface area (Å²) in [6.07, 6.45) is 0.513. The van der Waals surface area contributed by atoms with E-state index in [1.807, 2.05) is 0 Å². The van der Waals surface area contributed by atoms with E-state index in [9.17, 15) is 13.6 Å². The fraction of sp³-hybridized carbons (Fsp3) is 0.300. The van der Waals surface area contributed by atoms with Crippen molar-refractivity contribution in [1.29, 1.82) is 0 Å². The van der Waals surface area contributed by atoms with Gasteiger partial charge in [0.25, 0.3) is 0 Å². The summed E-state index contributed by atoms with van der Waals surface area (Å²) in [6.45, 7) is 1.43. The highest BCUT2D eigenvalue weighted by Gasteiger charge is 2.04. The lowest BCUT2D eigenvalue weighted by molar-refractivity contribution is -0.116. The number of aryl methyl sites for hydroxylation is 1. The van der Waals surface area contributed by atoms with Gasteiger partial charge >= 0.3 is 0 Å². The summed E-state index contributed by atoms with van der Waals surface area (Å²) in [4.78, 5) is 10.6. The van der Waals surface area contributed by atoms with Gasteiger partial charge in [-0.05, 0) is 37.1 Å². The molecule has 3 heteroatoms. The maximum Gasteiger partial charge on any atom is 0.130 e. The molecule has 0 spiro atoms. The lowest BCUT2D eigenvalue weighted by atomic mass is 10.1. The lowest BCUT2D eigenvalue weighted by Crippen LogP contribution is -1.97. The molecule has 1 aromatic rings. The first-order valence-corrected chi connectivity index (χ1v) is 4.03. The summed E-state index contributed by atoms with van der Waals surface area (Å²) in [7, 11) is 0. The van der Waals surface area contributed by atoms with Crippen molar-refractivity contribution in [3.63, 3.8) is 0 Å². The number of rotatable bonds is 3. The molecule has 0 aliphatic heterocycles. The van der Waals surface area contributed by atoms with Crippen molar-refractivity contribution in [2.45, 2.75) is 19.8 Å². The smallest absolute Gasteiger partial charge is 0.130 e. The summed E-state index contributed by atoms with van der Waals surface area (Å²) in [5.41, 5.74) is 0.259. The highest BCUT2D eigenvalue weighted by Crippen LogP contribution is 2.11.